The summed E-state index contributed by atoms with van der Waals surface area (Å²) in [7, 11) is 3.73. The number of amides is 1. The van der Waals surface area contributed by atoms with Crippen molar-refractivity contribution in [1.82, 2.24) is 5.32 Å². The Morgan fingerprint density at radius 2 is 1.60 bits per heavy atom. The minimum absolute atomic E-state index is 0.00118. The third kappa shape index (κ3) is 10.9. The van der Waals surface area contributed by atoms with Crippen LogP contribution >= 0.6 is 0 Å². The van der Waals surface area contributed by atoms with E-state index in [1.807, 2.05) is 0 Å². The van der Waals surface area contributed by atoms with Crippen LogP contribution in [0.2, 0.25) is 0 Å². The molecule has 1 rings (SSSR count). The maximum Gasteiger partial charge on any atom is 0.220 e. The van der Waals surface area contributed by atoms with Crippen LogP contribution in [0.5, 0.6) is 0 Å². The van der Waals surface area contributed by atoms with Crippen LogP contribution in [0.4, 0.5) is 0 Å². The molecule has 1 aliphatic heterocycles. The van der Waals surface area contributed by atoms with Crippen molar-refractivity contribution in [3.05, 3.63) is 0 Å². The van der Waals surface area contributed by atoms with Crippen LogP contribution < -0.4 is 5.32 Å². The number of methoxy groups -OCH3 is 1. The largest absolute Gasteiger partial charge is 0.382 e. The molecule has 0 aliphatic carbocycles. The number of carbonyl (C=O) groups is 1. The van der Waals surface area contributed by atoms with Crippen molar-refractivity contribution in [3.63, 3.8) is 0 Å². The second-order valence-corrected chi connectivity index (χ2v) is 7.64. The average molecular weight is 353 g/mol. The van der Waals surface area contributed by atoms with Gasteiger partial charge in [-0.05, 0) is 12.8 Å². The Labute approximate surface area is 156 Å². The van der Waals surface area contributed by atoms with Crippen LogP contribution in [0.15, 0.2) is 0 Å². The minimum Gasteiger partial charge on any atom is -0.382 e. The Morgan fingerprint density at radius 3 is 2.16 bits per heavy atom. The van der Waals surface area contributed by atoms with Crippen molar-refractivity contribution in [2.45, 2.75) is 109 Å². The number of carbonyl (C=O) groups excluding carboxylic acids is 1. The molecule has 0 bridgehead atoms. The summed E-state index contributed by atoms with van der Waals surface area (Å²) in [6.45, 7) is 2.81. The van der Waals surface area contributed by atoms with Gasteiger partial charge in [-0.1, -0.05) is 71.1 Å². The third-order valence-corrected chi connectivity index (χ3v) is 5.13. The monoisotopic (exact) mass is 353 g/mol. The Balaban J connectivity index is 1.95. The maximum absolute atomic E-state index is 12.1. The zero-order valence-electron chi connectivity index (χ0n) is 16.9. The molecule has 1 heterocycles. The molecular formula is C20H40BNO3. The molecule has 5 heteroatoms. The van der Waals surface area contributed by atoms with E-state index in [-0.39, 0.29) is 24.1 Å². The van der Waals surface area contributed by atoms with E-state index >= 15 is 0 Å². The van der Waals surface area contributed by atoms with E-state index in [0.717, 1.165) is 12.8 Å². The topological polar surface area (TPSA) is 47.6 Å². The van der Waals surface area contributed by atoms with Crippen molar-refractivity contribution < 1.29 is 14.3 Å². The molecule has 0 aromatic heterocycles. The van der Waals surface area contributed by atoms with Crippen LogP contribution in [-0.2, 0) is 14.3 Å². The highest BCUT2D eigenvalue weighted by molar-refractivity contribution is 6.11. The van der Waals surface area contributed by atoms with Gasteiger partial charge in [0.05, 0.1) is 12.6 Å². The van der Waals surface area contributed by atoms with Gasteiger partial charge in [-0.2, -0.15) is 0 Å². The lowest BCUT2D eigenvalue weighted by Crippen LogP contribution is -2.42. The highest BCUT2D eigenvalue weighted by Crippen LogP contribution is 2.19. The van der Waals surface area contributed by atoms with E-state index < -0.39 is 0 Å². The quantitative estimate of drug-likeness (QED) is 0.362. The fourth-order valence-corrected chi connectivity index (χ4v) is 3.66. The third-order valence-electron chi connectivity index (χ3n) is 5.13. The molecule has 0 unspecified atom stereocenters. The normalized spacial score (nSPS) is 23.0. The van der Waals surface area contributed by atoms with Gasteiger partial charge in [0.1, 0.15) is 14.0 Å². The Hall–Kier alpha value is -0.545. The van der Waals surface area contributed by atoms with E-state index in [1.54, 1.807) is 7.11 Å². The zero-order chi connectivity index (χ0) is 18.3. The first-order valence-corrected chi connectivity index (χ1v) is 10.6. The molecule has 1 aliphatic rings. The summed E-state index contributed by atoms with van der Waals surface area (Å²) in [5, 5.41) is 3.14. The van der Waals surface area contributed by atoms with Crippen molar-refractivity contribution in [1.29, 1.82) is 0 Å². The number of rotatable bonds is 15. The van der Waals surface area contributed by atoms with Gasteiger partial charge in [-0.25, -0.2) is 0 Å². The molecule has 4 nitrogen and oxygen atoms in total. The fourth-order valence-electron chi connectivity index (χ4n) is 3.66. The molecule has 0 spiro atoms. The molecule has 146 valence electrons. The molecule has 0 radical (unpaired) electrons. The van der Waals surface area contributed by atoms with Gasteiger partial charge in [0.25, 0.3) is 0 Å². The summed E-state index contributed by atoms with van der Waals surface area (Å²) in [6, 6.07) is 0.308. The number of ether oxygens (including phenoxy) is 2. The summed E-state index contributed by atoms with van der Waals surface area (Å²) in [6.07, 6.45) is 15.9. The maximum atomic E-state index is 12.1. The molecule has 1 amide bonds. The number of nitrogens with one attached hydrogen (secondary N) is 1. The van der Waals surface area contributed by atoms with Crippen molar-refractivity contribution in [3.8, 4) is 0 Å². The predicted octanol–water partition coefficient (Wildman–Crippen LogP) is 3.57. The van der Waals surface area contributed by atoms with Gasteiger partial charge in [-0.3, -0.25) is 4.79 Å². The molecule has 0 saturated carbocycles. The molecule has 0 aromatic carbocycles. The van der Waals surface area contributed by atoms with E-state index in [4.69, 9.17) is 9.47 Å². The molecule has 3 atom stereocenters. The molecule has 1 fully saturated rings. The zero-order valence-corrected chi connectivity index (χ0v) is 16.9. The fraction of sp³-hybridized carbons (Fsp3) is 0.950. The molecule has 0 aromatic rings. The van der Waals surface area contributed by atoms with Gasteiger partial charge in [0, 0.05) is 19.5 Å². The lowest BCUT2D eigenvalue weighted by molar-refractivity contribution is -0.122. The summed E-state index contributed by atoms with van der Waals surface area (Å²) >= 11 is 0. The second-order valence-electron chi connectivity index (χ2n) is 7.64. The summed E-state index contributed by atoms with van der Waals surface area (Å²) in [4.78, 5) is 12.1. The average Bonchev–Trinajstić information content (AvgIpc) is 2.92. The van der Waals surface area contributed by atoms with Crippen molar-refractivity contribution >= 4 is 13.8 Å². The first-order valence-electron chi connectivity index (χ1n) is 10.6. The van der Waals surface area contributed by atoms with Crippen LogP contribution in [0.25, 0.3) is 0 Å². The molecule has 25 heavy (non-hydrogen) atoms. The smallest absolute Gasteiger partial charge is 0.220 e. The first-order chi connectivity index (χ1) is 12.2. The highest BCUT2D eigenvalue weighted by Gasteiger charge is 2.33. The van der Waals surface area contributed by atoms with Crippen molar-refractivity contribution in [2.24, 2.45) is 0 Å². The van der Waals surface area contributed by atoms with E-state index in [0.29, 0.717) is 13.0 Å². The number of hydrogen-bond donors (Lipinski definition) is 1. The standard InChI is InChI=1S/C20H40BNO3/c1-3-4-5-6-7-8-9-10-11-12-13-14-20(23)22-17-15-19(21)25-18(17)16-24-2/h17-19H,3-16,21H2,1-2H3,(H,22,23)/t17-,18-,19-/m1/s1. The van der Waals surface area contributed by atoms with Gasteiger partial charge >= 0.3 is 0 Å². The van der Waals surface area contributed by atoms with E-state index in [1.165, 1.54) is 64.2 Å². The Morgan fingerprint density at radius 1 is 1.04 bits per heavy atom. The Kier molecular flexibility index (Phi) is 13.1. The number of unbranched alkanes of at least 4 members (excludes halogenated alkanes) is 10. The van der Waals surface area contributed by atoms with Gasteiger partial charge in [0.15, 0.2) is 0 Å². The van der Waals surface area contributed by atoms with E-state index in [2.05, 4.69) is 20.1 Å². The van der Waals surface area contributed by atoms with Gasteiger partial charge < -0.3 is 14.8 Å². The lowest BCUT2D eigenvalue weighted by atomic mass is 9.95. The summed E-state index contributed by atoms with van der Waals surface area (Å²) in [5.74, 6) is 0.166. The molecular weight excluding hydrogens is 313 g/mol. The van der Waals surface area contributed by atoms with Crippen LogP contribution in [0.3, 0.4) is 0 Å². The Bertz CT molecular complexity index is 341. The molecule has 1 saturated heterocycles. The van der Waals surface area contributed by atoms with Crippen LogP contribution in [-0.4, -0.2) is 45.6 Å². The minimum atomic E-state index is 0.00118. The second kappa shape index (κ2) is 14.6. The highest BCUT2D eigenvalue weighted by atomic mass is 16.5. The van der Waals surface area contributed by atoms with E-state index in [9.17, 15) is 4.79 Å². The summed E-state index contributed by atoms with van der Waals surface area (Å²) in [5.41, 5.74) is 0. The van der Waals surface area contributed by atoms with Crippen LogP contribution in [0.1, 0.15) is 90.4 Å². The predicted molar refractivity (Wildman–Crippen MR) is 107 cm³/mol. The molecule has 1 N–H and O–H groups in total. The van der Waals surface area contributed by atoms with Crippen molar-refractivity contribution in [2.75, 3.05) is 13.7 Å². The summed E-state index contributed by atoms with van der Waals surface area (Å²) < 4.78 is 11.0. The first kappa shape index (κ1) is 22.5. The van der Waals surface area contributed by atoms with Gasteiger partial charge in [-0.15, -0.1) is 0 Å². The van der Waals surface area contributed by atoms with Gasteiger partial charge in [0.2, 0.25) is 5.91 Å². The number of hydrogen-bond acceptors (Lipinski definition) is 3. The van der Waals surface area contributed by atoms with Crippen LogP contribution in [0, 0.1) is 0 Å². The SMILES string of the molecule is B[C@H]1C[C@@H](NC(=O)CCCCCCCCCCCCC)[C@@H](COC)O1. The lowest BCUT2D eigenvalue weighted by Gasteiger charge is -2.19.